The number of pyridine rings is 1. The van der Waals surface area contributed by atoms with Crippen molar-refractivity contribution < 1.29 is 0 Å². The molecule has 0 amide bonds. The van der Waals surface area contributed by atoms with Gasteiger partial charge in [0.2, 0.25) is 0 Å². The highest BCUT2D eigenvalue weighted by molar-refractivity contribution is 5.03. The van der Waals surface area contributed by atoms with Crippen LogP contribution < -0.4 is 5.32 Å². The molecule has 0 aromatic carbocycles. The smallest absolute Gasteiger partial charge is 0.0543 e. The van der Waals surface area contributed by atoms with Crippen molar-refractivity contribution in [2.75, 3.05) is 26.2 Å². The van der Waals surface area contributed by atoms with Gasteiger partial charge in [0.05, 0.1) is 5.69 Å². The normalized spacial score (nSPS) is 16.7. The summed E-state index contributed by atoms with van der Waals surface area (Å²) in [7, 11) is 0. The Morgan fingerprint density at radius 1 is 1.47 bits per heavy atom. The number of nitrogens with zero attached hydrogens (tertiary/aromatic N) is 2. The Kier molecular flexibility index (Phi) is 3.69. The number of aromatic nitrogens is 1. The van der Waals surface area contributed by atoms with Crippen LogP contribution >= 0.6 is 0 Å². The van der Waals surface area contributed by atoms with Crippen LogP contribution in [0.1, 0.15) is 12.6 Å². The van der Waals surface area contributed by atoms with Crippen LogP contribution in [0.25, 0.3) is 0 Å². The highest BCUT2D eigenvalue weighted by Gasteiger charge is 2.19. The molecule has 0 unspecified atom stereocenters. The third kappa shape index (κ3) is 3.01. The Morgan fingerprint density at radius 2 is 2.33 bits per heavy atom. The van der Waals surface area contributed by atoms with Gasteiger partial charge in [0.1, 0.15) is 0 Å². The van der Waals surface area contributed by atoms with E-state index in [1.165, 1.54) is 25.3 Å². The topological polar surface area (TPSA) is 28.2 Å². The fourth-order valence-corrected chi connectivity index (χ4v) is 1.87. The van der Waals surface area contributed by atoms with Gasteiger partial charge in [-0.2, -0.15) is 0 Å². The standard InChI is InChI=1S/C12H19N3/c1-2-15(9-11-7-13-8-11)10-12-5-3-4-6-14-12/h3-6,11,13H,2,7-10H2,1H3. The van der Waals surface area contributed by atoms with Gasteiger partial charge in [0.15, 0.2) is 0 Å². The summed E-state index contributed by atoms with van der Waals surface area (Å²) in [5.41, 5.74) is 1.17. The fraction of sp³-hybridized carbons (Fsp3) is 0.583. The van der Waals surface area contributed by atoms with Gasteiger partial charge in [-0.25, -0.2) is 0 Å². The molecule has 0 aliphatic carbocycles. The molecule has 82 valence electrons. The Bertz CT molecular complexity index is 282. The molecule has 1 aromatic heterocycles. The molecular weight excluding hydrogens is 186 g/mol. The van der Waals surface area contributed by atoms with E-state index in [4.69, 9.17) is 0 Å². The van der Waals surface area contributed by atoms with Crippen molar-refractivity contribution in [1.82, 2.24) is 15.2 Å². The summed E-state index contributed by atoms with van der Waals surface area (Å²) in [4.78, 5) is 6.83. The van der Waals surface area contributed by atoms with Crippen LogP contribution in [0.4, 0.5) is 0 Å². The lowest BCUT2D eigenvalue weighted by Gasteiger charge is -2.32. The third-order valence-electron chi connectivity index (χ3n) is 2.94. The van der Waals surface area contributed by atoms with Crippen molar-refractivity contribution in [1.29, 1.82) is 0 Å². The van der Waals surface area contributed by atoms with E-state index in [1.807, 2.05) is 12.3 Å². The van der Waals surface area contributed by atoms with Gasteiger partial charge < -0.3 is 5.32 Å². The highest BCUT2D eigenvalue weighted by Crippen LogP contribution is 2.08. The van der Waals surface area contributed by atoms with Gasteiger partial charge in [-0.15, -0.1) is 0 Å². The van der Waals surface area contributed by atoms with Gasteiger partial charge in [-0.05, 0) is 24.6 Å². The first-order valence-electron chi connectivity index (χ1n) is 5.71. The zero-order valence-electron chi connectivity index (χ0n) is 9.32. The van der Waals surface area contributed by atoms with Crippen molar-refractivity contribution in [2.24, 2.45) is 5.92 Å². The van der Waals surface area contributed by atoms with Gasteiger partial charge in [0.25, 0.3) is 0 Å². The Hall–Kier alpha value is -0.930. The summed E-state index contributed by atoms with van der Waals surface area (Å²) in [5, 5.41) is 3.31. The summed E-state index contributed by atoms with van der Waals surface area (Å²) in [5.74, 6) is 0.841. The molecule has 1 aromatic rings. The van der Waals surface area contributed by atoms with Crippen LogP contribution in [0.2, 0.25) is 0 Å². The Balaban J connectivity index is 1.84. The molecule has 1 aliphatic heterocycles. The lowest BCUT2D eigenvalue weighted by atomic mass is 10.0. The highest BCUT2D eigenvalue weighted by atomic mass is 15.1. The van der Waals surface area contributed by atoms with Crippen LogP contribution in [0.5, 0.6) is 0 Å². The molecular formula is C12H19N3. The molecule has 1 aliphatic rings. The summed E-state index contributed by atoms with van der Waals surface area (Å²) >= 11 is 0. The van der Waals surface area contributed by atoms with Crippen molar-refractivity contribution >= 4 is 0 Å². The van der Waals surface area contributed by atoms with Gasteiger partial charge in [-0.3, -0.25) is 9.88 Å². The number of hydrogen-bond donors (Lipinski definition) is 1. The molecule has 2 heterocycles. The van der Waals surface area contributed by atoms with E-state index in [0.717, 1.165) is 19.0 Å². The molecule has 1 N–H and O–H groups in total. The van der Waals surface area contributed by atoms with Crippen molar-refractivity contribution in [3.05, 3.63) is 30.1 Å². The van der Waals surface area contributed by atoms with E-state index < -0.39 is 0 Å². The van der Waals surface area contributed by atoms with Gasteiger partial charge >= 0.3 is 0 Å². The van der Waals surface area contributed by atoms with Gasteiger partial charge in [-0.1, -0.05) is 13.0 Å². The molecule has 0 spiro atoms. The number of nitrogens with one attached hydrogen (secondary N) is 1. The first-order chi connectivity index (χ1) is 7.38. The fourth-order valence-electron chi connectivity index (χ4n) is 1.87. The second-order valence-electron chi connectivity index (χ2n) is 4.17. The lowest BCUT2D eigenvalue weighted by Crippen LogP contribution is -2.48. The molecule has 0 bridgehead atoms. The monoisotopic (exact) mass is 205 g/mol. The van der Waals surface area contributed by atoms with Crippen molar-refractivity contribution in [2.45, 2.75) is 13.5 Å². The number of hydrogen-bond acceptors (Lipinski definition) is 3. The Labute approximate surface area is 91.5 Å². The molecule has 1 saturated heterocycles. The van der Waals surface area contributed by atoms with Crippen LogP contribution in [-0.4, -0.2) is 36.1 Å². The van der Waals surface area contributed by atoms with E-state index in [-0.39, 0.29) is 0 Å². The molecule has 1 fully saturated rings. The predicted molar refractivity (Wildman–Crippen MR) is 61.5 cm³/mol. The van der Waals surface area contributed by atoms with E-state index in [1.54, 1.807) is 0 Å². The first kappa shape index (κ1) is 10.6. The molecule has 3 heteroatoms. The van der Waals surface area contributed by atoms with E-state index >= 15 is 0 Å². The minimum Gasteiger partial charge on any atom is -0.316 e. The maximum Gasteiger partial charge on any atom is 0.0543 e. The number of rotatable bonds is 5. The molecule has 0 atom stereocenters. The zero-order chi connectivity index (χ0) is 10.5. The minimum absolute atomic E-state index is 0.841. The van der Waals surface area contributed by atoms with Crippen molar-refractivity contribution in [3.63, 3.8) is 0 Å². The largest absolute Gasteiger partial charge is 0.316 e. The maximum absolute atomic E-state index is 4.36. The first-order valence-corrected chi connectivity index (χ1v) is 5.71. The second-order valence-corrected chi connectivity index (χ2v) is 4.17. The summed E-state index contributed by atoms with van der Waals surface area (Å²) < 4.78 is 0. The summed E-state index contributed by atoms with van der Waals surface area (Å²) in [6.45, 7) is 7.85. The predicted octanol–water partition coefficient (Wildman–Crippen LogP) is 1.12. The average Bonchev–Trinajstić information content (AvgIpc) is 2.23. The Morgan fingerprint density at radius 3 is 2.87 bits per heavy atom. The lowest BCUT2D eigenvalue weighted by molar-refractivity contribution is 0.192. The van der Waals surface area contributed by atoms with E-state index in [2.05, 4.69) is 34.3 Å². The molecule has 3 nitrogen and oxygen atoms in total. The van der Waals surface area contributed by atoms with Gasteiger partial charge in [0, 0.05) is 32.4 Å². The third-order valence-corrected chi connectivity index (χ3v) is 2.94. The average molecular weight is 205 g/mol. The molecule has 0 saturated carbocycles. The molecule has 2 rings (SSSR count). The van der Waals surface area contributed by atoms with E-state index in [9.17, 15) is 0 Å². The zero-order valence-corrected chi connectivity index (χ0v) is 9.32. The van der Waals surface area contributed by atoms with Crippen LogP contribution in [-0.2, 0) is 6.54 Å². The second kappa shape index (κ2) is 5.24. The molecule has 15 heavy (non-hydrogen) atoms. The quantitative estimate of drug-likeness (QED) is 0.781. The maximum atomic E-state index is 4.36. The van der Waals surface area contributed by atoms with Crippen LogP contribution in [0, 0.1) is 5.92 Å². The van der Waals surface area contributed by atoms with E-state index in [0.29, 0.717) is 0 Å². The SMILES string of the molecule is CCN(Cc1ccccn1)CC1CNC1. The molecule has 0 radical (unpaired) electrons. The summed E-state index contributed by atoms with van der Waals surface area (Å²) in [6.07, 6.45) is 1.87. The van der Waals surface area contributed by atoms with Crippen LogP contribution in [0.15, 0.2) is 24.4 Å². The summed E-state index contributed by atoms with van der Waals surface area (Å²) in [6, 6.07) is 6.12. The van der Waals surface area contributed by atoms with Crippen LogP contribution in [0.3, 0.4) is 0 Å². The minimum atomic E-state index is 0.841. The van der Waals surface area contributed by atoms with Crippen molar-refractivity contribution in [3.8, 4) is 0 Å².